The molecule has 5 nitrogen and oxygen atoms in total. The molecule has 0 aromatic carbocycles. The summed E-state index contributed by atoms with van der Waals surface area (Å²) in [5.74, 6) is 0.849. The molecular weight excluding hydrogens is 216 g/mol. The predicted octanol–water partition coefficient (Wildman–Crippen LogP) is 1.11. The molecule has 0 bridgehead atoms. The second-order valence-corrected chi connectivity index (χ2v) is 5.04. The molecule has 1 amide bonds. The summed E-state index contributed by atoms with van der Waals surface area (Å²) in [5.41, 5.74) is 6.17. The molecule has 0 radical (unpaired) electrons. The van der Waals surface area contributed by atoms with E-state index in [2.05, 4.69) is 18.9 Å². The molecule has 5 heteroatoms. The number of carbonyl (C=O) groups excluding carboxylic acids is 1. The zero-order valence-corrected chi connectivity index (χ0v) is 10.5. The van der Waals surface area contributed by atoms with E-state index in [0.29, 0.717) is 11.7 Å². The van der Waals surface area contributed by atoms with Gasteiger partial charge in [-0.25, -0.2) is 0 Å². The van der Waals surface area contributed by atoms with Gasteiger partial charge in [-0.3, -0.25) is 9.48 Å². The average Bonchev–Trinajstić information content (AvgIpc) is 2.63. The van der Waals surface area contributed by atoms with E-state index in [-0.39, 0.29) is 12.5 Å². The second kappa shape index (κ2) is 4.77. The van der Waals surface area contributed by atoms with Crippen molar-refractivity contribution in [1.29, 1.82) is 0 Å². The lowest BCUT2D eigenvalue weighted by Gasteiger charge is -2.36. The van der Waals surface area contributed by atoms with Gasteiger partial charge in [0, 0.05) is 18.8 Å². The summed E-state index contributed by atoms with van der Waals surface area (Å²) in [6, 6.07) is 0.333. The normalized spacial score (nSPS) is 24.9. The van der Waals surface area contributed by atoms with Crippen LogP contribution in [0.3, 0.4) is 0 Å². The van der Waals surface area contributed by atoms with Crippen molar-refractivity contribution >= 4 is 11.6 Å². The van der Waals surface area contributed by atoms with Gasteiger partial charge in [0.1, 0.15) is 6.54 Å². The van der Waals surface area contributed by atoms with Gasteiger partial charge in [0.05, 0.1) is 11.9 Å². The fourth-order valence-electron chi connectivity index (χ4n) is 2.47. The van der Waals surface area contributed by atoms with Crippen LogP contribution in [0, 0.1) is 5.92 Å². The van der Waals surface area contributed by atoms with Gasteiger partial charge in [-0.2, -0.15) is 5.10 Å². The van der Waals surface area contributed by atoms with Crippen molar-refractivity contribution in [1.82, 2.24) is 14.7 Å². The highest BCUT2D eigenvalue weighted by Gasteiger charge is 2.26. The van der Waals surface area contributed by atoms with Crippen LogP contribution in [-0.4, -0.2) is 33.2 Å². The molecule has 2 N–H and O–H groups in total. The molecule has 1 saturated heterocycles. The van der Waals surface area contributed by atoms with E-state index in [1.165, 1.54) is 0 Å². The number of nitrogen functional groups attached to an aromatic ring is 1. The minimum absolute atomic E-state index is 0.132. The van der Waals surface area contributed by atoms with E-state index in [1.807, 2.05) is 4.90 Å². The summed E-state index contributed by atoms with van der Waals surface area (Å²) in [6.45, 7) is 5.51. The maximum absolute atomic E-state index is 12.1. The number of likely N-dealkylation sites (tertiary alicyclic amines) is 1. The van der Waals surface area contributed by atoms with E-state index < -0.39 is 0 Å². The first kappa shape index (κ1) is 12.0. The van der Waals surface area contributed by atoms with Crippen molar-refractivity contribution in [3.8, 4) is 0 Å². The Morgan fingerprint density at radius 2 is 2.35 bits per heavy atom. The van der Waals surface area contributed by atoms with Crippen molar-refractivity contribution < 1.29 is 4.79 Å². The number of amides is 1. The minimum atomic E-state index is 0.132. The number of nitrogens with zero attached hydrogens (tertiary/aromatic N) is 3. The summed E-state index contributed by atoms with van der Waals surface area (Å²) in [6.07, 6.45) is 5.44. The van der Waals surface area contributed by atoms with Gasteiger partial charge in [0.2, 0.25) is 5.91 Å². The van der Waals surface area contributed by atoms with E-state index in [0.717, 1.165) is 25.3 Å². The number of anilines is 1. The van der Waals surface area contributed by atoms with Crippen molar-refractivity contribution in [2.24, 2.45) is 5.92 Å². The molecule has 2 rings (SSSR count). The SMILES string of the molecule is CC1CCN(C(=O)Cn2cc(N)cn2)C(C)C1. The van der Waals surface area contributed by atoms with Crippen molar-refractivity contribution in [3.05, 3.63) is 12.4 Å². The Labute approximate surface area is 102 Å². The van der Waals surface area contributed by atoms with E-state index in [4.69, 9.17) is 5.73 Å². The lowest BCUT2D eigenvalue weighted by atomic mass is 9.93. The molecule has 17 heavy (non-hydrogen) atoms. The molecule has 94 valence electrons. The molecule has 1 aromatic rings. The quantitative estimate of drug-likeness (QED) is 0.836. The first-order valence-corrected chi connectivity index (χ1v) is 6.13. The zero-order chi connectivity index (χ0) is 12.4. The molecule has 2 atom stereocenters. The topological polar surface area (TPSA) is 64.2 Å². The Balaban J connectivity index is 1.96. The standard InChI is InChI=1S/C12H20N4O/c1-9-3-4-16(10(2)5-9)12(17)8-15-7-11(13)6-14-15/h6-7,9-10H,3-5,8,13H2,1-2H3. The lowest BCUT2D eigenvalue weighted by Crippen LogP contribution is -2.45. The molecular formula is C12H20N4O. The van der Waals surface area contributed by atoms with Gasteiger partial charge < -0.3 is 10.6 Å². The number of rotatable bonds is 2. The molecule has 1 aliphatic rings. The number of piperidine rings is 1. The van der Waals surface area contributed by atoms with Crippen LogP contribution in [0.5, 0.6) is 0 Å². The molecule has 1 aromatic heterocycles. The van der Waals surface area contributed by atoms with Crippen LogP contribution in [0.2, 0.25) is 0 Å². The number of aromatic nitrogens is 2. The van der Waals surface area contributed by atoms with Crippen LogP contribution in [0.1, 0.15) is 26.7 Å². The first-order chi connectivity index (χ1) is 8.06. The van der Waals surface area contributed by atoms with E-state index >= 15 is 0 Å². The number of carbonyl (C=O) groups is 1. The van der Waals surface area contributed by atoms with Gasteiger partial charge in [-0.05, 0) is 25.7 Å². The molecule has 2 heterocycles. The van der Waals surface area contributed by atoms with Crippen molar-refractivity contribution in [2.45, 2.75) is 39.3 Å². The fourth-order valence-corrected chi connectivity index (χ4v) is 2.47. The Morgan fingerprint density at radius 3 is 2.94 bits per heavy atom. The molecule has 1 fully saturated rings. The summed E-state index contributed by atoms with van der Waals surface area (Å²) in [4.78, 5) is 14.1. The highest BCUT2D eigenvalue weighted by molar-refractivity contribution is 5.76. The Bertz CT molecular complexity index is 401. The monoisotopic (exact) mass is 236 g/mol. The highest BCUT2D eigenvalue weighted by Crippen LogP contribution is 2.22. The largest absolute Gasteiger partial charge is 0.396 e. The summed E-state index contributed by atoms with van der Waals surface area (Å²) >= 11 is 0. The third kappa shape index (κ3) is 2.78. The van der Waals surface area contributed by atoms with Crippen LogP contribution < -0.4 is 5.73 Å². The predicted molar refractivity (Wildman–Crippen MR) is 66.2 cm³/mol. The Kier molecular flexibility index (Phi) is 3.36. The van der Waals surface area contributed by atoms with Gasteiger partial charge in [-0.1, -0.05) is 6.92 Å². The summed E-state index contributed by atoms with van der Waals surface area (Å²) in [7, 11) is 0. The molecule has 0 aliphatic carbocycles. The number of hydrogen-bond acceptors (Lipinski definition) is 3. The molecule has 0 saturated carbocycles. The first-order valence-electron chi connectivity index (χ1n) is 6.13. The van der Waals surface area contributed by atoms with Crippen molar-refractivity contribution in [2.75, 3.05) is 12.3 Å². The smallest absolute Gasteiger partial charge is 0.244 e. The number of nitrogens with two attached hydrogens (primary N) is 1. The van der Waals surface area contributed by atoms with Crippen LogP contribution in [0.25, 0.3) is 0 Å². The van der Waals surface area contributed by atoms with Crippen LogP contribution in [0.4, 0.5) is 5.69 Å². The molecule has 2 unspecified atom stereocenters. The van der Waals surface area contributed by atoms with Crippen LogP contribution in [0.15, 0.2) is 12.4 Å². The summed E-state index contributed by atoms with van der Waals surface area (Å²) in [5, 5.41) is 4.03. The van der Waals surface area contributed by atoms with Gasteiger partial charge in [-0.15, -0.1) is 0 Å². The van der Waals surface area contributed by atoms with Crippen LogP contribution >= 0.6 is 0 Å². The Morgan fingerprint density at radius 1 is 1.59 bits per heavy atom. The molecule has 0 spiro atoms. The molecule has 1 aliphatic heterocycles. The van der Waals surface area contributed by atoms with E-state index in [9.17, 15) is 4.79 Å². The lowest BCUT2D eigenvalue weighted by molar-refractivity contribution is -0.135. The minimum Gasteiger partial charge on any atom is -0.396 e. The van der Waals surface area contributed by atoms with Crippen LogP contribution in [-0.2, 0) is 11.3 Å². The zero-order valence-electron chi connectivity index (χ0n) is 10.5. The maximum atomic E-state index is 12.1. The van der Waals surface area contributed by atoms with E-state index in [1.54, 1.807) is 17.1 Å². The van der Waals surface area contributed by atoms with Gasteiger partial charge >= 0.3 is 0 Å². The third-order valence-corrected chi connectivity index (χ3v) is 3.41. The fraction of sp³-hybridized carbons (Fsp3) is 0.667. The van der Waals surface area contributed by atoms with Gasteiger partial charge in [0.15, 0.2) is 0 Å². The highest BCUT2D eigenvalue weighted by atomic mass is 16.2. The Hall–Kier alpha value is -1.52. The third-order valence-electron chi connectivity index (χ3n) is 3.41. The summed E-state index contributed by atoms with van der Waals surface area (Å²) < 4.78 is 1.60. The average molecular weight is 236 g/mol. The number of hydrogen-bond donors (Lipinski definition) is 1. The van der Waals surface area contributed by atoms with Gasteiger partial charge in [0.25, 0.3) is 0 Å². The maximum Gasteiger partial charge on any atom is 0.244 e. The second-order valence-electron chi connectivity index (χ2n) is 5.04. The van der Waals surface area contributed by atoms with Crippen molar-refractivity contribution in [3.63, 3.8) is 0 Å².